The molecule has 0 saturated heterocycles. The van der Waals surface area contributed by atoms with Crippen molar-refractivity contribution < 1.29 is 14.1 Å². The van der Waals surface area contributed by atoms with Crippen molar-refractivity contribution in [2.45, 2.75) is 0 Å². The Balaban J connectivity index is 2.34. The van der Waals surface area contributed by atoms with Gasteiger partial charge >= 0.3 is 0 Å². The van der Waals surface area contributed by atoms with Gasteiger partial charge in [0.25, 0.3) is 11.6 Å². The number of nitro groups is 1. The van der Waals surface area contributed by atoms with Crippen LogP contribution < -0.4 is 11.1 Å². The average Bonchev–Trinajstić information content (AvgIpc) is 2.42. The summed E-state index contributed by atoms with van der Waals surface area (Å²) in [5.74, 6) is -1.41. The molecule has 108 valence electrons. The maximum atomic E-state index is 13.0. The van der Waals surface area contributed by atoms with E-state index in [1.54, 1.807) is 0 Å². The molecule has 0 bridgehead atoms. The van der Waals surface area contributed by atoms with Gasteiger partial charge in [-0.05, 0) is 24.3 Å². The Bertz CT molecular complexity index is 738. The van der Waals surface area contributed by atoms with Crippen molar-refractivity contribution in [3.8, 4) is 0 Å². The molecule has 0 radical (unpaired) electrons. The molecule has 0 aliphatic heterocycles. The summed E-state index contributed by atoms with van der Waals surface area (Å²) < 4.78 is 13.0. The number of rotatable bonds is 3. The Kier molecular flexibility index (Phi) is 3.99. The third kappa shape index (κ3) is 3.23. The van der Waals surface area contributed by atoms with Crippen LogP contribution in [0.2, 0.25) is 5.15 Å². The molecule has 21 heavy (non-hydrogen) atoms. The van der Waals surface area contributed by atoms with E-state index < -0.39 is 22.3 Å². The zero-order valence-electron chi connectivity index (χ0n) is 10.3. The number of hydrogen-bond acceptors (Lipinski definition) is 5. The standard InChI is InChI=1S/C12H8ClFN4O3/c13-11-4-7(10(5-16-11)18(20)21)12(19)17-6-1-2-8(14)9(15)3-6/h1-5H,15H2,(H,17,19). The number of nitrogens with zero attached hydrogens (tertiary/aromatic N) is 2. The molecule has 2 aromatic rings. The van der Waals surface area contributed by atoms with Crippen molar-refractivity contribution >= 4 is 34.6 Å². The SMILES string of the molecule is Nc1cc(NC(=O)c2cc(Cl)ncc2[N+](=O)[O-])ccc1F. The molecular weight excluding hydrogens is 303 g/mol. The van der Waals surface area contributed by atoms with E-state index in [4.69, 9.17) is 17.3 Å². The van der Waals surface area contributed by atoms with E-state index in [2.05, 4.69) is 10.3 Å². The third-order valence-electron chi connectivity index (χ3n) is 2.54. The fraction of sp³-hybridized carbons (Fsp3) is 0. The van der Waals surface area contributed by atoms with Crippen LogP contribution in [0.15, 0.2) is 30.5 Å². The first-order valence-electron chi connectivity index (χ1n) is 5.55. The lowest BCUT2D eigenvalue weighted by Gasteiger charge is -2.07. The van der Waals surface area contributed by atoms with E-state index in [0.717, 1.165) is 18.3 Å². The second-order valence-corrected chi connectivity index (χ2v) is 4.36. The molecule has 0 atom stereocenters. The number of halogens is 2. The van der Waals surface area contributed by atoms with Gasteiger partial charge in [-0.1, -0.05) is 11.6 Å². The third-order valence-corrected chi connectivity index (χ3v) is 2.75. The lowest BCUT2D eigenvalue weighted by Crippen LogP contribution is -2.14. The van der Waals surface area contributed by atoms with Crippen molar-refractivity contribution in [1.82, 2.24) is 4.98 Å². The predicted octanol–water partition coefficient (Wildman–Crippen LogP) is 2.62. The molecule has 7 nitrogen and oxygen atoms in total. The Hall–Kier alpha value is -2.74. The highest BCUT2D eigenvalue weighted by molar-refractivity contribution is 6.30. The fourth-order valence-electron chi connectivity index (χ4n) is 1.57. The molecule has 0 aliphatic rings. The minimum absolute atomic E-state index is 0.0654. The minimum Gasteiger partial charge on any atom is -0.396 e. The molecule has 0 aliphatic carbocycles. The molecule has 1 amide bonds. The number of nitrogens with one attached hydrogen (secondary N) is 1. The van der Waals surface area contributed by atoms with Crippen LogP contribution in [0.25, 0.3) is 0 Å². The Labute approximate surface area is 122 Å². The van der Waals surface area contributed by atoms with Gasteiger partial charge in [-0.3, -0.25) is 14.9 Å². The molecule has 1 heterocycles. The monoisotopic (exact) mass is 310 g/mol. The maximum Gasteiger partial charge on any atom is 0.300 e. The number of aromatic nitrogens is 1. The summed E-state index contributed by atoms with van der Waals surface area (Å²) in [6.45, 7) is 0. The molecule has 0 saturated carbocycles. The quantitative estimate of drug-likeness (QED) is 0.392. The van der Waals surface area contributed by atoms with E-state index in [0.29, 0.717) is 0 Å². The highest BCUT2D eigenvalue weighted by atomic mass is 35.5. The van der Waals surface area contributed by atoms with Gasteiger partial charge in [0, 0.05) is 5.69 Å². The molecule has 1 aromatic heterocycles. The van der Waals surface area contributed by atoms with Gasteiger partial charge in [-0.15, -0.1) is 0 Å². The normalized spacial score (nSPS) is 10.2. The van der Waals surface area contributed by atoms with Crippen LogP contribution in [0.3, 0.4) is 0 Å². The van der Waals surface area contributed by atoms with Crippen LogP contribution >= 0.6 is 11.6 Å². The topological polar surface area (TPSA) is 111 Å². The lowest BCUT2D eigenvalue weighted by molar-refractivity contribution is -0.385. The molecule has 2 rings (SSSR count). The lowest BCUT2D eigenvalue weighted by atomic mass is 10.2. The van der Waals surface area contributed by atoms with Gasteiger partial charge in [-0.25, -0.2) is 9.37 Å². The van der Waals surface area contributed by atoms with Gasteiger partial charge in [0.2, 0.25) is 0 Å². The largest absolute Gasteiger partial charge is 0.396 e. The summed E-state index contributed by atoms with van der Waals surface area (Å²) >= 11 is 5.63. The number of anilines is 2. The molecular formula is C12H8ClFN4O3. The van der Waals surface area contributed by atoms with Crippen LogP contribution in [0, 0.1) is 15.9 Å². The van der Waals surface area contributed by atoms with Crippen molar-refractivity contribution in [2.24, 2.45) is 0 Å². The number of carbonyl (C=O) groups excluding carboxylic acids is 1. The zero-order valence-corrected chi connectivity index (χ0v) is 11.1. The molecule has 3 N–H and O–H groups in total. The smallest absolute Gasteiger partial charge is 0.300 e. The summed E-state index contributed by atoms with van der Waals surface area (Å²) in [6.07, 6.45) is 0.885. The van der Waals surface area contributed by atoms with Crippen LogP contribution in [0.1, 0.15) is 10.4 Å². The highest BCUT2D eigenvalue weighted by Gasteiger charge is 2.21. The number of nitrogens with two attached hydrogens (primary N) is 1. The van der Waals surface area contributed by atoms with E-state index in [9.17, 15) is 19.3 Å². The van der Waals surface area contributed by atoms with E-state index in [-0.39, 0.29) is 22.1 Å². The number of hydrogen-bond donors (Lipinski definition) is 2. The number of benzene rings is 1. The minimum atomic E-state index is -0.781. The second-order valence-electron chi connectivity index (χ2n) is 3.97. The first-order chi connectivity index (χ1) is 9.88. The van der Waals surface area contributed by atoms with Crippen molar-refractivity contribution in [3.63, 3.8) is 0 Å². The Morgan fingerprint density at radius 2 is 2.14 bits per heavy atom. The average molecular weight is 311 g/mol. The van der Waals surface area contributed by atoms with E-state index >= 15 is 0 Å². The van der Waals surface area contributed by atoms with Gasteiger partial charge in [-0.2, -0.15) is 0 Å². The van der Waals surface area contributed by atoms with Crippen LogP contribution in [0.5, 0.6) is 0 Å². The van der Waals surface area contributed by atoms with Crippen molar-refractivity contribution in [1.29, 1.82) is 0 Å². The van der Waals surface area contributed by atoms with E-state index in [1.165, 1.54) is 12.1 Å². The van der Waals surface area contributed by atoms with Gasteiger partial charge in [0.1, 0.15) is 22.7 Å². The van der Waals surface area contributed by atoms with Gasteiger partial charge in [0.15, 0.2) is 0 Å². The molecule has 9 heteroatoms. The van der Waals surface area contributed by atoms with Crippen molar-refractivity contribution in [2.75, 3.05) is 11.1 Å². The first-order valence-corrected chi connectivity index (χ1v) is 5.92. The number of amides is 1. The van der Waals surface area contributed by atoms with Gasteiger partial charge in [0.05, 0.1) is 10.6 Å². The summed E-state index contributed by atoms with van der Waals surface area (Å²) in [6, 6.07) is 4.61. The highest BCUT2D eigenvalue weighted by Crippen LogP contribution is 2.23. The molecule has 0 unspecified atom stereocenters. The molecule has 0 spiro atoms. The Morgan fingerprint density at radius 1 is 1.43 bits per heavy atom. The molecule has 1 aromatic carbocycles. The van der Waals surface area contributed by atoms with Crippen molar-refractivity contribution in [3.05, 3.63) is 57.1 Å². The van der Waals surface area contributed by atoms with Crippen LogP contribution in [0.4, 0.5) is 21.5 Å². The van der Waals surface area contributed by atoms with E-state index in [1.807, 2.05) is 0 Å². The molecule has 0 fully saturated rings. The number of carbonyl (C=O) groups is 1. The van der Waals surface area contributed by atoms with Crippen LogP contribution in [-0.2, 0) is 0 Å². The van der Waals surface area contributed by atoms with Gasteiger partial charge < -0.3 is 11.1 Å². The maximum absolute atomic E-state index is 13.0. The zero-order chi connectivity index (χ0) is 15.6. The number of nitrogen functional groups attached to an aromatic ring is 1. The summed E-state index contributed by atoms with van der Waals surface area (Å²) in [4.78, 5) is 25.7. The second kappa shape index (κ2) is 5.71. The van der Waals surface area contributed by atoms with Crippen LogP contribution in [-0.4, -0.2) is 15.8 Å². The summed E-state index contributed by atoms with van der Waals surface area (Å²) in [7, 11) is 0. The fourth-order valence-corrected chi connectivity index (χ4v) is 1.73. The Morgan fingerprint density at radius 3 is 2.76 bits per heavy atom. The summed E-state index contributed by atoms with van der Waals surface area (Å²) in [5, 5.41) is 13.2. The first kappa shape index (κ1) is 14.7. The summed E-state index contributed by atoms with van der Waals surface area (Å²) in [5.41, 5.74) is 4.66. The predicted molar refractivity (Wildman–Crippen MR) is 74.7 cm³/mol. The number of pyridine rings is 1.